The highest BCUT2D eigenvalue weighted by Gasteiger charge is 2.37. The van der Waals surface area contributed by atoms with Crippen LogP contribution in [0.3, 0.4) is 0 Å². The quantitative estimate of drug-likeness (QED) is 0.639. The van der Waals surface area contributed by atoms with Gasteiger partial charge in [-0.3, -0.25) is 4.79 Å². The van der Waals surface area contributed by atoms with Crippen molar-refractivity contribution in [2.24, 2.45) is 5.92 Å². The van der Waals surface area contributed by atoms with Crippen molar-refractivity contribution in [2.75, 3.05) is 18.0 Å². The molecule has 1 N–H and O–H groups in total. The first kappa shape index (κ1) is 20.3. The van der Waals surface area contributed by atoms with Gasteiger partial charge in [-0.15, -0.1) is 0 Å². The van der Waals surface area contributed by atoms with E-state index in [-0.39, 0.29) is 11.9 Å². The monoisotopic (exact) mass is 439 g/mol. The number of nitrogens with zero attached hydrogens (tertiary/aromatic N) is 6. The van der Waals surface area contributed by atoms with E-state index in [1.807, 2.05) is 15.7 Å². The summed E-state index contributed by atoms with van der Waals surface area (Å²) in [5.41, 5.74) is 0.790. The number of amides is 1. The Balaban J connectivity index is 1.36. The lowest BCUT2D eigenvalue weighted by atomic mass is 9.89. The van der Waals surface area contributed by atoms with E-state index >= 15 is 0 Å². The molecule has 0 radical (unpaired) electrons. The number of imidazole rings is 1. The number of anilines is 1. The summed E-state index contributed by atoms with van der Waals surface area (Å²) in [6.07, 6.45) is 12.6. The molecule has 0 saturated carbocycles. The SMILES string of the molecule is O=C(NCCn1ccnc1)c1cnn2ccc(N3CCC[C@@H]3C3C=C(F)C=CC3F)nc12. The van der Waals surface area contributed by atoms with E-state index in [9.17, 15) is 13.6 Å². The molecule has 1 fully saturated rings. The average molecular weight is 439 g/mol. The van der Waals surface area contributed by atoms with Gasteiger partial charge in [0.15, 0.2) is 5.65 Å². The van der Waals surface area contributed by atoms with E-state index < -0.39 is 17.9 Å². The maximum atomic E-state index is 14.5. The molecule has 1 aliphatic heterocycles. The third-order valence-corrected chi connectivity index (χ3v) is 6.01. The minimum absolute atomic E-state index is 0.203. The summed E-state index contributed by atoms with van der Waals surface area (Å²) in [6, 6.07) is 1.59. The molecule has 4 heterocycles. The first-order valence-electron chi connectivity index (χ1n) is 10.6. The number of halogens is 2. The number of aromatic nitrogens is 5. The molecule has 10 heteroatoms. The molecule has 2 unspecified atom stereocenters. The van der Waals surface area contributed by atoms with Crippen molar-refractivity contribution in [3.63, 3.8) is 0 Å². The number of rotatable bonds is 6. The fourth-order valence-corrected chi connectivity index (χ4v) is 4.44. The number of allylic oxidation sites excluding steroid dienone is 3. The van der Waals surface area contributed by atoms with Crippen LogP contribution in [0.15, 0.2) is 61.2 Å². The van der Waals surface area contributed by atoms with E-state index in [2.05, 4.69) is 20.4 Å². The van der Waals surface area contributed by atoms with Gasteiger partial charge in [0, 0.05) is 50.2 Å². The van der Waals surface area contributed by atoms with Crippen molar-refractivity contribution in [2.45, 2.75) is 31.6 Å². The molecule has 2 aliphatic rings. The van der Waals surface area contributed by atoms with E-state index in [4.69, 9.17) is 0 Å². The van der Waals surface area contributed by atoms with Crippen LogP contribution in [0.4, 0.5) is 14.6 Å². The standard InChI is InChI=1S/C22H23F2N7O/c23-15-3-4-18(24)16(12-15)19-2-1-8-30(19)20-5-9-31-21(28-20)17(13-27-31)22(32)26-7-11-29-10-6-25-14-29/h3-6,9-10,12-14,16,18-19H,1-2,7-8,11H2,(H,26,32)/t16?,18?,19-/m1/s1. The molecule has 1 amide bonds. The van der Waals surface area contributed by atoms with Gasteiger partial charge in [-0.05, 0) is 37.1 Å². The molecule has 0 aromatic carbocycles. The minimum atomic E-state index is -1.24. The summed E-state index contributed by atoms with van der Waals surface area (Å²) >= 11 is 0. The van der Waals surface area contributed by atoms with E-state index in [1.165, 1.54) is 24.4 Å². The summed E-state index contributed by atoms with van der Waals surface area (Å²) in [4.78, 5) is 23.4. The minimum Gasteiger partial charge on any atom is -0.353 e. The molecule has 3 aromatic rings. The number of carbonyl (C=O) groups is 1. The van der Waals surface area contributed by atoms with Crippen molar-refractivity contribution in [3.8, 4) is 0 Å². The average Bonchev–Trinajstić information content (AvgIpc) is 3.55. The maximum absolute atomic E-state index is 14.5. The number of nitrogens with one attached hydrogen (secondary N) is 1. The molecule has 1 aliphatic carbocycles. The van der Waals surface area contributed by atoms with Gasteiger partial charge in [-0.25, -0.2) is 23.3 Å². The first-order chi connectivity index (χ1) is 15.6. The van der Waals surface area contributed by atoms with Crippen LogP contribution in [0.5, 0.6) is 0 Å². The second kappa shape index (κ2) is 8.52. The van der Waals surface area contributed by atoms with Crippen molar-refractivity contribution >= 4 is 17.4 Å². The van der Waals surface area contributed by atoms with E-state index in [0.29, 0.717) is 36.7 Å². The Morgan fingerprint density at radius 3 is 3.06 bits per heavy atom. The van der Waals surface area contributed by atoms with Gasteiger partial charge in [-0.1, -0.05) is 0 Å². The molecule has 3 atom stereocenters. The largest absolute Gasteiger partial charge is 0.353 e. The number of hydrogen-bond donors (Lipinski definition) is 1. The second-order valence-corrected chi connectivity index (χ2v) is 8.00. The predicted molar refractivity (Wildman–Crippen MR) is 115 cm³/mol. The zero-order chi connectivity index (χ0) is 22.1. The van der Waals surface area contributed by atoms with Crippen molar-refractivity contribution < 1.29 is 13.6 Å². The highest BCUT2D eigenvalue weighted by molar-refractivity contribution is 5.99. The molecular formula is C22H23F2N7O. The fourth-order valence-electron chi connectivity index (χ4n) is 4.44. The summed E-state index contributed by atoms with van der Waals surface area (Å²) in [6.45, 7) is 1.73. The van der Waals surface area contributed by atoms with Gasteiger partial charge in [0.1, 0.15) is 23.4 Å². The third-order valence-electron chi connectivity index (χ3n) is 6.01. The number of alkyl halides is 1. The Kier molecular flexibility index (Phi) is 5.42. The first-order valence-corrected chi connectivity index (χ1v) is 10.6. The van der Waals surface area contributed by atoms with Gasteiger partial charge in [-0.2, -0.15) is 5.10 Å². The van der Waals surface area contributed by atoms with Gasteiger partial charge >= 0.3 is 0 Å². The Morgan fingerprint density at radius 1 is 1.31 bits per heavy atom. The van der Waals surface area contributed by atoms with Crippen molar-refractivity contribution in [3.05, 3.63) is 66.8 Å². The van der Waals surface area contributed by atoms with E-state index in [1.54, 1.807) is 29.3 Å². The van der Waals surface area contributed by atoms with Crippen LogP contribution in [0, 0.1) is 5.92 Å². The molecule has 0 spiro atoms. The lowest BCUT2D eigenvalue weighted by molar-refractivity contribution is 0.0953. The summed E-state index contributed by atoms with van der Waals surface area (Å²) in [7, 11) is 0. The summed E-state index contributed by atoms with van der Waals surface area (Å²) in [5, 5.41) is 7.10. The van der Waals surface area contributed by atoms with Crippen LogP contribution in [0.1, 0.15) is 23.2 Å². The highest BCUT2D eigenvalue weighted by Crippen LogP contribution is 2.35. The molecule has 8 nitrogen and oxygen atoms in total. The molecule has 3 aromatic heterocycles. The van der Waals surface area contributed by atoms with Crippen molar-refractivity contribution in [1.29, 1.82) is 0 Å². The molecule has 32 heavy (non-hydrogen) atoms. The number of hydrogen-bond acceptors (Lipinski definition) is 5. The van der Waals surface area contributed by atoms with Gasteiger partial charge in [0.25, 0.3) is 5.91 Å². The molecule has 1 saturated heterocycles. The zero-order valence-corrected chi connectivity index (χ0v) is 17.3. The fraction of sp³-hybridized carbons (Fsp3) is 0.364. The van der Waals surface area contributed by atoms with Crippen LogP contribution in [-0.2, 0) is 6.54 Å². The molecule has 0 bridgehead atoms. The van der Waals surface area contributed by atoms with Gasteiger partial charge < -0.3 is 14.8 Å². The molecule has 166 valence electrons. The Hall–Kier alpha value is -3.56. The Morgan fingerprint density at radius 2 is 2.22 bits per heavy atom. The van der Waals surface area contributed by atoms with Crippen LogP contribution in [0.25, 0.3) is 5.65 Å². The second-order valence-electron chi connectivity index (χ2n) is 8.00. The molecular weight excluding hydrogens is 416 g/mol. The lowest BCUT2D eigenvalue weighted by Crippen LogP contribution is -2.40. The predicted octanol–water partition coefficient (Wildman–Crippen LogP) is 2.70. The van der Waals surface area contributed by atoms with Gasteiger partial charge in [0.2, 0.25) is 0 Å². The van der Waals surface area contributed by atoms with Crippen LogP contribution in [-0.4, -0.2) is 55.4 Å². The van der Waals surface area contributed by atoms with Crippen LogP contribution in [0.2, 0.25) is 0 Å². The molecule has 5 rings (SSSR count). The Bertz CT molecular complexity index is 1170. The van der Waals surface area contributed by atoms with Crippen molar-refractivity contribution in [1.82, 2.24) is 29.5 Å². The lowest BCUT2D eigenvalue weighted by Gasteiger charge is -2.33. The Labute approximate surface area is 183 Å². The maximum Gasteiger partial charge on any atom is 0.256 e. The highest BCUT2D eigenvalue weighted by atomic mass is 19.1. The summed E-state index contributed by atoms with van der Waals surface area (Å²) in [5.74, 6) is -0.626. The van der Waals surface area contributed by atoms with Crippen LogP contribution >= 0.6 is 0 Å². The smallest absolute Gasteiger partial charge is 0.256 e. The topological polar surface area (TPSA) is 80.3 Å². The summed E-state index contributed by atoms with van der Waals surface area (Å²) < 4.78 is 31.8. The van der Waals surface area contributed by atoms with Crippen LogP contribution < -0.4 is 10.2 Å². The van der Waals surface area contributed by atoms with E-state index in [0.717, 1.165) is 12.8 Å². The number of fused-ring (bicyclic) bond motifs is 1. The van der Waals surface area contributed by atoms with Gasteiger partial charge in [0.05, 0.1) is 12.5 Å². The third kappa shape index (κ3) is 3.88. The number of carbonyl (C=O) groups excluding carboxylic acids is 1. The normalized spacial score (nSPS) is 23.0. The zero-order valence-electron chi connectivity index (χ0n) is 17.3.